The first-order valence-electron chi connectivity index (χ1n) is 5.16. The van der Waals surface area contributed by atoms with E-state index < -0.39 is 5.82 Å². The minimum Gasteiger partial charge on any atom is -0.454 e. The van der Waals surface area contributed by atoms with E-state index in [4.69, 9.17) is 33.7 Å². The molecule has 0 saturated carbocycles. The van der Waals surface area contributed by atoms with Crippen LogP contribution in [0.1, 0.15) is 5.56 Å². The summed E-state index contributed by atoms with van der Waals surface area (Å²) < 4.78 is 18.7. The Morgan fingerprint density at radius 1 is 1.06 bits per heavy atom. The van der Waals surface area contributed by atoms with Crippen molar-refractivity contribution in [1.29, 1.82) is 0 Å². The smallest absolute Gasteiger partial charge is 0.152 e. The number of aryl methyl sites for hydroxylation is 1. The third-order valence-electron chi connectivity index (χ3n) is 2.36. The molecule has 2 N–H and O–H groups in total. The highest BCUT2D eigenvalue weighted by Crippen LogP contribution is 2.35. The van der Waals surface area contributed by atoms with E-state index in [0.717, 1.165) is 11.6 Å². The Kier molecular flexibility index (Phi) is 3.64. The van der Waals surface area contributed by atoms with Crippen LogP contribution in [0.25, 0.3) is 0 Å². The molecule has 0 heterocycles. The number of ether oxygens (including phenoxy) is 1. The number of nitrogens with two attached hydrogens (primary N) is 1. The Morgan fingerprint density at radius 2 is 1.78 bits per heavy atom. The number of anilines is 1. The van der Waals surface area contributed by atoms with Gasteiger partial charge >= 0.3 is 0 Å². The Bertz CT molecular complexity index is 602. The minimum absolute atomic E-state index is 0.0533. The van der Waals surface area contributed by atoms with Crippen LogP contribution in [-0.4, -0.2) is 0 Å². The lowest BCUT2D eigenvalue weighted by molar-refractivity contribution is 0.483. The van der Waals surface area contributed by atoms with E-state index in [2.05, 4.69) is 0 Å². The number of hydrogen-bond donors (Lipinski definition) is 1. The SMILES string of the molecule is Cc1ccc(Oc2cc(Cl)c(F)cc2N)c(Cl)c1. The van der Waals surface area contributed by atoms with Crippen molar-refractivity contribution in [3.05, 3.63) is 51.8 Å². The van der Waals surface area contributed by atoms with Crippen molar-refractivity contribution in [2.75, 3.05) is 5.73 Å². The third kappa shape index (κ3) is 2.68. The molecular weight excluding hydrogens is 276 g/mol. The second-order valence-corrected chi connectivity index (χ2v) is 4.65. The van der Waals surface area contributed by atoms with Gasteiger partial charge in [-0.2, -0.15) is 0 Å². The molecule has 0 radical (unpaired) electrons. The predicted octanol–water partition coefficient (Wildman–Crippen LogP) is 4.82. The van der Waals surface area contributed by atoms with Crippen molar-refractivity contribution in [2.24, 2.45) is 0 Å². The number of rotatable bonds is 2. The summed E-state index contributed by atoms with van der Waals surface area (Å²) >= 11 is 11.7. The normalized spacial score (nSPS) is 10.4. The summed E-state index contributed by atoms with van der Waals surface area (Å²) in [6, 6.07) is 7.76. The second-order valence-electron chi connectivity index (χ2n) is 3.84. The van der Waals surface area contributed by atoms with Crippen molar-refractivity contribution in [1.82, 2.24) is 0 Å². The molecule has 5 heteroatoms. The summed E-state index contributed by atoms with van der Waals surface area (Å²) in [5, 5.41) is 0.400. The summed E-state index contributed by atoms with van der Waals surface area (Å²) in [5.74, 6) is 0.125. The monoisotopic (exact) mass is 285 g/mol. The highest BCUT2D eigenvalue weighted by Gasteiger charge is 2.10. The van der Waals surface area contributed by atoms with Gasteiger partial charge in [-0.1, -0.05) is 29.3 Å². The van der Waals surface area contributed by atoms with Gasteiger partial charge in [-0.15, -0.1) is 0 Å². The Hall–Kier alpha value is -1.45. The highest BCUT2D eigenvalue weighted by molar-refractivity contribution is 6.32. The lowest BCUT2D eigenvalue weighted by atomic mass is 10.2. The summed E-state index contributed by atoms with van der Waals surface area (Å²) in [6.07, 6.45) is 0. The molecule has 0 aliphatic heterocycles. The molecule has 0 unspecified atom stereocenters. The molecule has 0 bridgehead atoms. The molecule has 2 nitrogen and oxygen atoms in total. The summed E-state index contributed by atoms with van der Waals surface area (Å²) in [5.41, 5.74) is 6.82. The molecule has 0 aliphatic carbocycles. The molecule has 0 aromatic heterocycles. The minimum atomic E-state index is -0.587. The van der Waals surface area contributed by atoms with Crippen LogP contribution in [0.3, 0.4) is 0 Å². The average Bonchev–Trinajstić information content (AvgIpc) is 2.29. The van der Waals surface area contributed by atoms with E-state index in [0.29, 0.717) is 10.8 Å². The first-order valence-corrected chi connectivity index (χ1v) is 5.91. The van der Waals surface area contributed by atoms with E-state index in [1.54, 1.807) is 12.1 Å². The van der Waals surface area contributed by atoms with Crippen molar-refractivity contribution in [3.8, 4) is 11.5 Å². The summed E-state index contributed by atoms with van der Waals surface area (Å²) in [4.78, 5) is 0. The fourth-order valence-electron chi connectivity index (χ4n) is 1.44. The number of benzene rings is 2. The predicted molar refractivity (Wildman–Crippen MR) is 72.1 cm³/mol. The van der Waals surface area contributed by atoms with Gasteiger partial charge < -0.3 is 10.5 Å². The maximum atomic E-state index is 13.1. The number of nitrogen functional groups attached to an aromatic ring is 1. The van der Waals surface area contributed by atoms with E-state index >= 15 is 0 Å². The molecule has 0 amide bonds. The van der Waals surface area contributed by atoms with Gasteiger partial charge in [-0.25, -0.2) is 4.39 Å². The van der Waals surface area contributed by atoms with Crippen LogP contribution in [-0.2, 0) is 0 Å². The average molecular weight is 286 g/mol. The summed E-state index contributed by atoms with van der Waals surface area (Å²) in [6.45, 7) is 1.92. The molecule has 0 saturated heterocycles. The fraction of sp³-hybridized carbons (Fsp3) is 0.0769. The van der Waals surface area contributed by atoms with Gasteiger partial charge in [-0.3, -0.25) is 0 Å². The third-order valence-corrected chi connectivity index (χ3v) is 2.95. The fourth-order valence-corrected chi connectivity index (χ4v) is 1.87. The van der Waals surface area contributed by atoms with Crippen LogP contribution in [0.15, 0.2) is 30.3 Å². The molecule has 0 fully saturated rings. The molecule has 0 spiro atoms. The van der Waals surface area contributed by atoms with Gasteiger partial charge in [0, 0.05) is 12.1 Å². The number of halogens is 3. The van der Waals surface area contributed by atoms with Crippen LogP contribution in [0.5, 0.6) is 11.5 Å². The molecule has 0 aliphatic rings. The lowest BCUT2D eigenvalue weighted by Gasteiger charge is -2.11. The quantitative estimate of drug-likeness (QED) is 0.803. The Labute approximate surface area is 114 Å². The molecule has 0 atom stereocenters. The van der Waals surface area contributed by atoms with Gasteiger partial charge in [0.15, 0.2) is 5.75 Å². The topological polar surface area (TPSA) is 35.2 Å². The molecular formula is C13H10Cl2FNO. The van der Waals surface area contributed by atoms with Gasteiger partial charge in [0.2, 0.25) is 0 Å². The van der Waals surface area contributed by atoms with E-state index in [9.17, 15) is 4.39 Å². The first kappa shape index (κ1) is 13.0. The molecule has 2 rings (SSSR count). The van der Waals surface area contributed by atoms with Gasteiger partial charge in [0.25, 0.3) is 0 Å². The van der Waals surface area contributed by atoms with Crippen LogP contribution in [0.4, 0.5) is 10.1 Å². The van der Waals surface area contributed by atoms with Crippen LogP contribution >= 0.6 is 23.2 Å². The number of hydrogen-bond acceptors (Lipinski definition) is 2. The van der Waals surface area contributed by atoms with Gasteiger partial charge in [0.1, 0.15) is 11.6 Å². The van der Waals surface area contributed by atoms with Gasteiger partial charge in [0.05, 0.1) is 15.7 Å². The van der Waals surface area contributed by atoms with E-state index in [1.807, 2.05) is 13.0 Å². The summed E-state index contributed by atoms with van der Waals surface area (Å²) in [7, 11) is 0. The van der Waals surface area contributed by atoms with Crippen molar-refractivity contribution >= 4 is 28.9 Å². The molecule has 18 heavy (non-hydrogen) atoms. The molecule has 2 aromatic rings. The lowest BCUT2D eigenvalue weighted by Crippen LogP contribution is -1.94. The Morgan fingerprint density at radius 3 is 2.44 bits per heavy atom. The molecule has 2 aromatic carbocycles. The Balaban J connectivity index is 2.37. The highest BCUT2D eigenvalue weighted by atomic mass is 35.5. The second kappa shape index (κ2) is 5.04. The zero-order valence-corrected chi connectivity index (χ0v) is 11.0. The van der Waals surface area contributed by atoms with Crippen molar-refractivity contribution < 1.29 is 9.13 Å². The van der Waals surface area contributed by atoms with Crippen molar-refractivity contribution in [2.45, 2.75) is 6.92 Å². The standard InChI is InChI=1S/C13H10Cl2FNO/c1-7-2-3-12(9(15)4-7)18-13-5-8(14)10(16)6-11(13)17/h2-6H,17H2,1H3. The van der Waals surface area contributed by atoms with Gasteiger partial charge in [-0.05, 0) is 24.6 Å². The van der Waals surface area contributed by atoms with Crippen molar-refractivity contribution in [3.63, 3.8) is 0 Å². The van der Waals surface area contributed by atoms with E-state index in [1.165, 1.54) is 6.07 Å². The largest absolute Gasteiger partial charge is 0.454 e. The molecule has 94 valence electrons. The van der Waals surface area contributed by atoms with Crippen LogP contribution in [0, 0.1) is 12.7 Å². The zero-order chi connectivity index (χ0) is 13.3. The maximum absolute atomic E-state index is 13.1. The van der Waals surface area contributed by atoms with Crippen LogP contribution in [0.2, 0.25) is 10.0 Å². The maximum Gasteiger partial charge on any atom is 0.152 e. The zero-order valence-electron chi connectivity index (χ0n) is 9.51. The van der Waals surface area contributed by atoms with Crippen LogP contribution < -0.4 is 10.5 Å². The first-order chi connectivity index (χ1) is 8.47. The van der Waals surface area contributed by atoms with E-state index in [-0.39, 0.29) is 16.5 Å².